The van der Waals surface area contributed by atoms with Gasteiger partial charge in [-0.2, -0.15) is 5.10 Å². The molecule has 2 atom stereocenters. The summed E-state index contributed by atoms with van der Waals surface area (Å²) >= 11 is 0. The molecule has 8 heteroatoms. The monoisotopic (exact) mass is 523 g/mol. The average Bonchev–Trinajstić information content (AvgIpc) is 3.73. The van der Waals surface area contributed by atoms with E-state index in [0.29, 0.717) is 12.5 Å². The third-order valence-electron chi connectivity index (χ3n) is 8.59. The summed E-state index contributed by atoms with van der Waals surface area (Å²) in [4.78, 5) is 11.9. The molecule has 2 N–H and O–H groups in total. The number of hydrogen-bond acceptors (Lipinski definition) is 7. The fraction of sp³-hybridized carbons (Fsp3) is 0.419. The lowest BCUT2D eigenvalue weighted by atomic mass is 9.92. The third-order valence-corrected chi connectivity index (χ3v) is 8.59. The van der Waals surface area contributed by atoms with E-state index in [0.717, 1.165) is 71.9 Å². The van der Waals surface area contributed by atoms with Crippen molar-refractivity contribution in [2.24, 2.45) is 5.92 Å². The van der Waals surface area contributed by atoms with Crippen LogP contribution in [0.2, 0.25) is 0 Å². The molecule has 0 radical (unpaired) electrons. The summed E-state index contributed by atoms with van der Waals surface area (Å²) in [6.07, 6.45) is 15.5. The van der Waals surface area contributed by atoms with E-state index < -0.39 is 0 Å². The summed E-state index contributed by atoms with van der Waals surface area (Å²) in [6.45, 7) is 8.40. The number of benzene rings is 1. The lowest BCUT2D eigenvalue weighted by molar-refractivity contribution is 0.175. The van der Waals surface area contributed by atoms with Gasteiger partial charge >= 0.3 is 0 Å². The van der Waals surface area contributed by atoms with Gasteiger partial charge in [0.2, 0.25) is 0 Å². The van der Waals surface area contributed by atoms with Gasteiger partial charge in [0.05, 0.1) is 23.5 Å². The molecule has 0 amide bonds. The van der Waals surface area contributed by atoms with Crippen LogP contribution in [0.15, 0.2) is 66.7 Å². The first-order chi connectivity index (χ1) is 19.2. The van der Waals surface area contributed by atoms with Gasteiger partial charge in [-0.25, -0.2) is 0 Å². The van der Waals surface area contributed by atoms with Gasteiger partial charge in [0.15, 0.2) is 0 Å². The Bertz CT molecular complexity index is 1430. The first-order valence-electron chi connectivity index (χ1n) is 14.3. The van der Waals surface area contributed by atoms with Crippen molar-refractivity contribution in [1.29, 1.82) is 0 Å². The SMILES string of the molecule is CN1CCN(C2=CC=CC3NC(c4n[nH]c5ccc(-c6cncc(OCCN7CCCC7)c6)cc45)=CC23)CC1. The average molecular weight is 524 g/mol. The van der Waals surface area contributed by atoms with E-state index in [1.807, 2.05) is 12.4 Å². The van der Waals surface area contributed by atoms with Crippen LogP contribution in [0.25, 0.3) is 27.7 Å². The van der Waals surface area contributed by atoms with Crippen LogP contribution in [-0.2, 0) is 0 Å². The Hall–Kier alpha value is -3.62. The Kier molecular flexibility index (Phi) is 6.58. The molecule has 5 heterocycles. The number of allylic oxidation sites excluding steroid dienone is 2. The number of ether oxygens (including phenoxy) is 1. The zero-order chi connectivity index (χ0) is 26.2. The molecule has 0 bridgehead atoms. The van der Waals surface area contributed by atoms with Gasteiger partial charge < -0.3 is 19.9 Å². The topological polar surface area (TPSA) is 72.5 Å². The van der Waals surface area contributed by atoms with Crippen LogP contribution in [0.3, 0.4) is 0 Å². The standard InChI is InChI=1S/C31H37N7O/c1-36-11-13-38(14-12-36)30-6-4-5-27-25(30)19-29(33-27)31-26-18-22(7-8-28(26)34-35-31)23-17-24(21-32-20-23)39-16-15-37-9-2-3-10-37/h4-8,17-21,25,27,33H,2-3,9-16H2,1H3,(H,34,35). The Morgan fingerprint density at radius 1 is 1.00 bits per heavy atom. The highest BCUT2D eigenvalue weighted by atomic mass is 16.5. The fourth-order valence-electron chi connectivity index (χ4n) is 6.30. The molecule has 8 nitrogen and oxygen atoms in total. The minimum atomic E-state index is 0.258. The van der Waals surface area contributed by atoms with Crippen LogP contribution in [0.1, 0.15) is 18.5 Å². The van der Waals surface area contributed by atoms with Crippen LogP contribution < -0.4 is 10.1 Å². The second kappa shape index (κ2) is 10.5. The van der Waals surface area contributed by atoms with Crippen molar-refractivity contribution in [2.75, 3.05) is 59.5 Å². The summed E-state index contributed by atoms with van der Waals surface area (Å²) in [6, 6.07) is 8.81. The van der Waals surface area contributed by atoms with Crippen LogP contribution in [0.4, 0.5) is 0 Å². The summed E-state index contributed by atoms with van der Waals surface area (Å²) in [5.41, 5.74) is 6.66. The largest absolute Gasteiger partial charge is 0.491 e. The van der Waals surface area contributed by atoms with E-state index in [9.17, 15) is 0 Å². The lowest BCUT2D eigenvalue weighted by Gasteiger charge is -2.39. The van der Waals surface area contributed by atoms with E-state index >= 15 is 0 Å². The number of aromatic amines is 1. The van der Waals surface area contributed by atoms with Crippen LogP contribution >= 0.6 is 0 Å². The number of H-pyrrole nitrogens is 1. The second-order valence-electron chi connectivity index (χ2n) is 11.2. The highest BCUT2D eigenvalue weighted by Gasteiger charge is 2.34. The Labute approximate surface area is 230 Å². The number of hydrogen-bond donors (Lipinski definition) is 2. The maximum absolute atomic E-state index is 6.07. The Balaban J connectivity index is 1.11. The highest BCUT2D eigenvalue weighted by molar-refractivity contribution is 5.93. The third kappa shape index (κ3) is 4.94. The Morgan fingerprint density at radius 2 is 1.87 bits per heavy atom. The van der Waals surface area contributed by atoms with Gasteiger partial charge in [-0.15, -0.1) is 0 Å². The van der Waals surface area contributed by atoms with E-state index in [-0.39, 0.29) is 6.04 Å². The first kappa shape index (κ1) is 24.4. The number of nitrogens with one attached hydrogen (secondary N) is 2. The molecule has 1 aromatic carbocycles. The zero-order valence-electron chi connectivity index (χ0n) is 22.6. The first-order valence-corrected chi connectivity index (χ1v) is 14.3. The van der Waals surface area contributed by atoms with Crippen molar-refractivity contribution >= 4 is 16.6 Å². The van der Waals surface area contributed by atoms with Crippen molar-refractivity contribution in [2.45, 2.75) is 18.9 Å². The number of nitrogens with zero attached hydrogens (tertiary/aromatic N) is 5. The van der Waals surface area contributed by atoms with E-state index in [2.05, 4.69) is 85.7 Å². The smallest absolute Gasteiger partial charge is 0.138 e. The number of likely N-dealkylation sites (N-methyl/N-ethyl adjacent to an activating group) is 1. The molecular weight excluding hydrogens is 486 g/mol. The minimum Gasteiger partial charge on any atom is -0.491 e. The summed E-state index contributed by atoms with van der Waals surface area (Å²) in [7, 11) is 2.20. The molecule has 39 heavy (non-hydrogen) atoms. The zero-order valence-corrected chi connectivity index (χ0v) is 22.6. The van der Waals surface area contributed by atoms with Crippen LogP contribution in [0, 0.1) is 5.92 Å². The van der Waals surface area contributed by atoms with Gasteiger partial charge in [0.25, 0.3) is 0 Å². The summed E-state index contributed by atoms with van der Waals surface area (Å²) < 4.78 is 6.07. The number of fused-ring (bicyclic) bond motifs is 2. The maximum atomic E-state index is 6.07. The molecule has 0 saturated carbocycles. The molecular formula is C31H37N7O. The highest BCUT2D eigenvalue weighted by Crippen LogP contribution is 2.36. The summed E-state index contributed by atoms with van der Waals surface area (Å²) in [5.74, 6) is 1.14. The van der Waals surface area contributed by atoms with Crippen molar-refractivity contribution in [3.8, 4) is 16.9 Å². The van der Waals surface area contributed by atoms with Gasteiger partial charge in [-0.3, -0.25) is 15.0 Å². The summed E-state index contributed by atoms with van der Waals surface area (Å²) in [5, 5.41) is 12.9. The second-order valence-corrected chi connectivity index (χ2v) is 11.2. The quantitative estimate of drug-likeness (QED) is 0.489. The molecule has 1 aliphatic carbocycles. The molecule has 2 saturated heterocycles. The number of rotatable bonds is 7. The van der Waals surface area contributed by atoms with Crippen molar-refractivity contribution in [3.05, 3.63) is 72.4 Å². The molecule has 3 aliphatic heterocycles. The van der Waals surface area contributed by atoms with E-state index in [4.69, 9.17) is 9.84 Å². The van der Waals surface area contributed by atoms with Crippen molar-refractivity contribution in [3.63, 3.8) is 0 Å². The van der Waals surface area contributed by atoms with Gasteiger partial charge in [0.1, 0.15) is 18.1 Å². The molecule has 2 unspecified atom stereocenters. The van der Waals surface area contributed by atoms with E-state index in [1.54, 1.807) is 0 Å². The molecule has 3 aromatic rings. The van der Waals surface area contributed by atoms with Gasteiger partial charge in [-0.05, 0) is 68.9 Å². The van der Waals surface area contributed by atoms with Gasteiger partial charge in [0, 0.05) is 61.5 Å². The molecule has 202 valence electrons. The molecule has 7 rings (SSSR count). The van der Waals surface area contributed by atoms with Crippen molar-refractivity contribution < 1.29 is 4.74 Å². The number of piperazine rings is 1. The predicted octanol–water partition coefficient (Wildman–Crippen LogP) is 3.73. The van der Waals surface area contributed by atoms with Crippen LogP contribution in [-0.4, -0.2) is 95.4 Å². The Morgan fingerprint density at radius 3 is 2.74 bits per heavy atom. The van der Waals surface area contributed by atoms with Crippen LogP contribution in [0.5, 0.6) is 5.75 Å². The number of likely N-dealkylation sites (tertiary alicyclic amines) is 1. The predicted molar refractivity (Wildman–Crippen MR) is 155 cm³/mol. The normalized spacial score (nSPS) is 23.6. The minimum absolute atomic E-state index is 0.258. The number of aromatic nitrogens is 3. The van der Waals surface area contributed by atoms with Crippen molar-refractivity contribution in [1.82, 2.24) is 35.2 Å². The fourth-order valence-corrected chi connectivity index (χ4v) is 6.30. The molecule has 2 aromatic heterocycles. The lowest BCUT2D eigenvalue weighted by Crippen LogP contribution is -2.46. The molecule has 0 spiro atoms. The van der Waals surface area contributed by atoms with Gasteiger partial charge in [-0.1, -0.05) is 18.2 Å². The number of pyridine rings is 1. The van der Waals surface area contributed by atoms with E-state index in [1.165, 1.54) is 31.6 Å². The molecule has 4 aliphatic rings. The maximum Gasteiger partial charge on any atom is 0.138 e. The molecule has 2 fully saturated rings.